The summed E-state index contributed by atoms with van der Waals surface area (Å²) < 4.78 is 6.17. The lowest BCUT2D eigenvalue weighted by Gasteiger charge is -2.28. The Kier molecular flexibility index (Phi) is 7.36. The second-order valence-corrected chi connectivity index (χ2v) is 10.5. The number of thioether (sulfide) groups is 1. The Labute approximate surface area is 206 Å². The minimum atomic E-state index is -0.370. The average molecular weight is 476 g/mol. The van der Waals surface area contributed by atoms with Crippen molar-refractivity contribution in [1.82, 2.24) is 15.2 Å². The van der Waals surface area contributed by atoms with Crippen LogP contribution < -0.4 is 10.1 Å². The van der Waals surface area contributed by atoms with Crippen molar-refractivity contribution in [2.75, 3.05) is 18.2 Å². The highest BCUT2D eigenvalue weighted by Gasteiger charge is 2.26. The van der Waals surface area contributed by atoms with E-state index in [1.54, 1.807) is 0 Å². The van der Waals surface area contributed by atoms with Crippen molar-refractivity contribution in [3.63, 3.8) is 0 Å². The molecule has 6 heteroatoms. The first-order valence-electron chi connectivity index (χ1n) is 12.4. The Hall–Kier alpha value is -2.57. The molecule has 0 radical (unpaired) electrons. The summed E-state index contributed by atoms with van der Waals surface area (Å²) in [4.78, 5) is 20.6. The molecule has 2 fully saturated rings. The molecular formula is C28H33N3O2S. The third-order valence-corrected chi connectivity index (χ3v) is 8.11. The number of nitrogens with zero attached hydrogens (tertiary/aromatic N) is 2. The fraction of sp³-hybridized carbons (Fsp3) is 0.429. The highest BCUT2D eigenvalue weighted by atomic mass is 32.2. The molecule has 1 amide bonds. The van der Waals surface area contributed by atoms with E-state index in [0.717, 1.165) is 45.9 Å². The molecule has 0 spiro atoms. The van der Waals surface area contributed by atoms with Crippen molar-refractivity contribution in [3.05, 3.63) is 60.2 Å². The number of aromatic nitrogens is 1. The summed E-state index contributed by atoms with van der Waals surface area (Å²) in [6.07, 6.45) is 5.78. The Morgan fingerprint density at radius 2 is 1.88 bits per heavy atom. The Bertz CT molecular complexity index is 1130. The molecule has 5 nitrogen and oxygen atoms in total. The topological polar surface area (TPSA) is 54.5 Å². The summed E-state index contributed by atoms with van der Waals surface area (Å²) in [5.41, 5.74) is 3.74. The summed E-state index contributed by atoms with van der Waals surface area (Å²) >= 11 is 1.94. The number of carbonyl (C=O) groups is 1. The molecule has 34 heavy (non-hydrogen) atoms. The van der Waals surface area contributed by atoms with Crippen LogP contribution in [-0.2, 0) is 6.54 Å². The first-order chi connectivity index (χ1) is 16.7. The zero-order chi connectivity index (χ0) is 23.3. The van der Waals surface area contributed by atoms with Gasteiger partial charge in [-0.15, -0.1) is 11.8 Å². The van der Waals surface area contributed by atoms with Crippen molar-refractivity contribution in [1.29, 1.82) is 0 Å². The van der Waals surface area contributed by atoms with Gasteiger partial charge in [-0.3, -0.25) is 4.90 Å². The van der Waals surface area contributed by atoms with Crippen LogP contribution in [-0.4, -0.2) is 40.2 Å². The van der Waals surface area contributed by atoms with Gasteiger partial charge in [-0.2, -0.15) is 0 Å². The maximum Gasteiger partial charge on any atom is 0.412 e. The molecule has 0 bridgehead atoms. The second kappa shape index (κ2) is 10.8. The quantitative estimate of drug-likeness (QED) is 0.443. The minimum Gasteiger partial charge on any atom is -0.409 e. The van der Waals surface area contributed by atoms with Gasteiger partial charge in [-0.05, 0) is 37.8 Å². The Morgan fingerprint density at radius 3 is 2.65 bits per heavy atom. The normalized spacial score (nSPS) is 18.1. The van der Waals surface area contributed by atoms with Gasteiger partial charge in [0.05, 0.1) is 11.2 Å². The van der Waals surface area contributed by atoms with Crippen LogP contribution in [0.4, 0.5) is 4.79 Å². The van der Waals surface area contributed by atoms with Gasteiger partial charge in [-0.1, -0.05) is 61.7 Å². The van der Waals surface area contributed by atoms with Crippen LogP contribution in [0, 0.1) is 5.92 Å². The number of ether oxygens (including phenoxy) is 1. The molecule has 1 N–H and O–H groups in total. The zero-order valence-electron chi connectivity index (χ0n) is 19.8. The van der Waals surface area contributed by atoms with Gasteiger partial charge >= 0.3 is 6.09 Å². The van der Waals surface area contributed by atoms with E-state index >= 15 is 0 Å². The van der Waals surface area contributed by atoms with Crippen LogP contribution in [0.2, 0.25) is 0 Å². The fourth-order valence-electron chi connectivity index (χ4n) is 5.18. The first-order valence-corrected chi connectivity index (χ1v) is 13.6. The molecule has 1 saturated heterocycles. The maximum atomic E-state index is 13.2. The van der Waals surface area contributed by atoms with E-state index in [1.165, 1.54) is 32.1 Å². The van der Waals surface area contributed by atoms with Crippen LogP contribution in [0.15, 0.2) is 54.6 Å². The first kappa shape index (κ1) is 23.2. The van der Waals surface area contributed by atoms with Crippen LogP contribution in [0.3, 0.4) is 0 Å². The number of benzene rings is 2. The highest BCUT2D eigenvalue weighted by Crippen LogP contribution is 2.37. The third-order valence-electron chi connectivity index (χ3n) is 7.09. The molecule has 3 aromatic rings. The van der Waals surface area contributed by atoms with Gasteiger partial charge in [0.15, 0.2) is 0 Å². The number of pyridine rings is 1. The molecule has 1 aliphatic heterocycles. The fourth-order valence-corrected chi connectivity index (χ4v) is 6.17. The summed E-state index contributed by atoms with van der Waals surface area (Å²) in [6.45, 7) is 3.84. The SMILES string of the molecule is C[C@H](NC(=O)Oc1c(CN2CCSC2)c(-c2ccccc2)nc2ccccc12)C1CCCCC1. The summed E-state index contributed by atoms with van der Waals surface area (Å²) in [5.74, 6) is 3.26. The molecule has 1 aromatic heterocycles. The van der Waals surface area contributed by atoms with E-state index in [0.29, 0.717) is 18.2 Å². The molecule has 2 aliphatic rings. The van der Waals surface area contributed by atoms with E-state index in [4.69, 9.17) is 9.72 Å². The number of carbonyl (C=O) groups excluding carboxylic acids is 1. The number of rotatable bonds is 6. The average Bonchev–Trinajstić information content (AvgIpc) is 3.39. The van der Waals surface area contributed by atoms with Gasteiger partial charge in [0, 0.05) is 47.3 Å². The number of fused-ring (bicyclic) bond motifs is 1. The number of hydrogen-bond acceptors (Lipinski definition) is 5. The van der Waals surface area contributed by atoms with Crippen LogP contribution in [0.5, 0.6) is 5.75 Å². The number of hydrogen-bond donors (Lipinski definition) is 1. The van der Waals surface area contributed by atoms with Crippen molar-refractivity contribution < 1.29 is 9.53 Å². The summed E-state index contributed by atoms with van der Waals surface area (Å²) in [5, 5.41) is 4.02. The highest BCUT2D eigenvalue weighted by molar-refractivity contribution is 7.99. The molecule has 2 heterocycles. The van der Waals surface area contributed by atoms with Gasteiger partial charge in [0.1, 0.15) is 5.75 Å². The largest absolute Gasteiger partial charge is 0.412 e. The van der Waals surface area contributed by atoms with Gasteiger partial charge in [0.2, 0.25) is 0 Å². The molecule has 1 atom stereocenters. The molecule has 1 aliphatic carbocycles. The van der Waals surface area contributed by atoms with E-state index in [1.807, 2.05) is 54.2 Å². The number of amides is 1. The predicted molar refractivity (Wildman–Crippen MR) is 140 cm³/mol. The third kappa shape index (κ3) is 5.23. The lowest BCUT2D eigenvalue weighted by Crippen LogP contribution is -2.40. The molecule has 0 unspecified atom stereocenters. The van der Waals surface area contributed by atoms with Crippen molar-refractivity contribution in [2.45, 2.75) is 51.6 Å². The van der Waals surface area contributed by atoms with E-state index in [2.05, 4.69) is 29.3 Å². The van der Waals surface area contributed by atoms with Gasteiger partial charge < -0.3 is 10.1 Å². The van der Waals surface area contributed by atoms with Crippen molar-refractivity contribution in [3.8, 4) is 17.0 Å². The van der Waals surface area contributed by atoms with Crippen LogP contribution >= 0.6 is 11.8 Å². The second-order valence-electron chi connectivity index (χ2n) is 9.46. The lowest BCUT2D eigenvalue weighted by molar-refractivity contribution is 0.186. The van der Waals surface area contributed by atoms with Crippen LogP contribution in [0.1, 0.15) is 44.6 Å². The van der Waals surface area contributed by atoms with Gasteiger partial charge in [0.25, 0.3) is 0 Å². The van der Waals surface area contributed by atoms with Crippen molar-refractivity contribution >= 4 is 28.8 Å². The van der Waals surface area contributed by atoms with Crippen molar-refractivity contribution in [2.24, 2.45) is 5.92 Å². The lowest BCUT2D eigenvalue weighted by atomic mass is 9.85. The zero-order valence-corrected chi connectivity index (χ0v) is 20.7. The monoisotopic (exact) mass is 475 g/mol. The molecule has 2 aromatic carbocycles. The van der Waals surface area contributed by atoms with E-state index < -0.39 is 0 Å². The number of para-hydroxylation sites is 1. The van der Waals surface area contributed by atoms with Crippen LogP contribution in [0.25, 0.3) is 22.2 Å². The molecule has 5 rings (SSSR count). The smallest absolute Gasteiger partial charge is 0.409 e. The van der Waals surface area contributed by atoms with Gasteiger partial charge in [-0.25, -0.2) is 9.78 Å². The molecule has 178 valence electrons. The minimum absolute atomic E-state index is 0.105. The predicted octanol–water partition coefficient (Wildman–Crippen LogP) is 6.47. The van der Waals surface area contributed by atoms with E-state index in [9.17, 15) is 4.79 Å². The molecular weight excluding hydrogens is 442 g/mol. The summed E-state index contributed by atoms with van der Waals surface area (Å²) in [6, 6.07) is 18.3. The Balaban J connectivity index is 1.52. The maximum absolute atomic E-state index is 13.2. The standard InChI is InChI=1S/C28H33N3O2S/c1-20(21-10-4-2-5-11-21)29-28(32)33-27-23-14-8-9-15-25(23)30-26(22-12-6-3-7-13-22)24(27)18-31-16-17-34-19-31/h3,6-9,12-15,20-21H,2,4-5,10-11,16-19H2,1H3,(H,29,32)/t20-/m0/s1. The number of nitrogens with one attached hydrogen (secondary N) is 1. The van der Waals surface area contributed by atoms with E-state index in [-0.39, 0.29) is 12.1 Å². The summed E-state index contributed by atoms with van der Waals surface area (Å²) in [7, 11) is 0. The molecule has 1 saturated carbocycles. The Morgan fingerprint density at radius 1 is 1.12 bits per heavy atom.